The average molecular weight is 241 g/mol. The van der Waals surface area contributed by atoms with E-state index in [9.17, 15) is 4.79 Å². The van der Waals surface area contributed by atoms with Gasteiger partial charge in [-0.2, -0.15) is 0 Å². The van der Waals surface area contributed by atoms with Crippen molar-refractivity contribution in [2.24, 2.45) is 5.41 Å². The van der Waals surface area contributed by atoms with Crippen molar-refractivity contribution < 1.29 is 19.0 Å². The molecule has 0 atom stereocenters. The van der Waals surface area contributed by atoms with E-state index in [1.807, 2.05) is 0 Å². The van der Waals surface area contributed by atoms with Crippen LogP contribution in [0.3, 0.4) is 0 Å². The number of hydrogen-bond acceptors (Lipinski definition) is 7. The van der Waals surface area contributed by atoms with Crippen molar-refractivity contribution in [3.05, 3.63) is 0 Å². The lowest BCUT2D eigenvalue weighted by molar-refractivity contribution is -0.143. The molecule has 0 aliphatic carbocycles. The number of carbonyl (C=O) groups excluding carboxylic acids is 1. The Balaban J connectivity index is 2.94. The predicted molar refractivity (Wildman–Crippen MR) is 58.0 cm³/mol. The summed E-state index contributed by atoms with van der Waals surface area (Å²) in [5.74, 6) is -0.451. The molecule has 1 aromatic heterocycles. The number of aromatic nitrogens is 3. The second-order valence-corrected chi connectivity index (χ2v) is 4.23. The SMILES string of the molecule is COc1nc(OC)nc(OC(=O)C(C)(C)C)n1. The Hall–Kier alpha value is -1.92. The number of methoxy groups -OCH3 is 2. The minimum atomic E-state index is -0.646. The summed E-state index contributed by atoms with van der Waals surface area (Å²) in [7, 11) is 2.79. The van der Waals surface area contributed by atoms with Crippen molar-refractivity contribution in [1.29, 1.82) is 0 Å². The molecule has 0 aliphatic rings. The summed E-state index contributed by atoms with van der Waals surface area (Å²) in [6.45, 7) is 5.18. The third-order valence-corrected chi connectivity index (χ3v) is 1.74. The fraction of sp³-hybridized carbons (Fsp3) is 0.600. The van der Waals surface area contributed by atoms with Crippen LogP contribution >= 0.6 is 0 Å². The highest BCUT2D eigenvalue weighted by Crippen LogP contribution is 2.19. The van der Waals surface area contributed by atoms with Gasteiger partial charge in [0.15, 0.2) is 0 Å². The number of hydrogen-bond donors (Lipinski definition) is 0. The smallest absolute Gasteiger partial charge is 0.333 e. The molecule has 0 N–H and O–H groups in total. The van der Waals surface area contributed by atoms with Gasteiger partial charge in [-0.3, -0.25) is 4.79 Å². The van der Waals surface area contributed by atoms with E-state index in [1.165, 1.54) is 14.2 Å². The van der Waals surface area contributed by atoms with Gasteiger partial charge in [0.1, 0.15) is 0 Å². The topological polar surface area (TPSA) is 83.4 Å². The van der Waals surface area contributed by atoms with Crippen molar-refractivity contribution in [1.82, 2.24) is 15.0 Å². The predicted octanol–water partition coefficient (Wildman–Crippen LogP) is 0.840. The van der Waals surface area contributed by atoms with E-state index in [1.54, 1.807) is 20.8 Å². The minimum absolute atomic E-state index is 0.0218. The van der Waals surface area contributed by atoms with Gasteiger partial charge in [-0.15, -0.1) is 15.0 Å². The van der Waals surface area contributed by atoms with Crippen LogP contribution in [0.5, 0.6) is 18.0 Å². The molecule has 0 aromatic carbocycles. The number of rotatable bonds is 3. The summed E-state index contributed by atoms with van der Waals surface area (Å²) in [5.41, 5.74) is -0.646. The third kappa shape index (κ3) is 3.54. The van der Waals surface area contributed by atoms with Crippen LogP contribution in [0.2, 0.25) is 0 Å². The second kappa shape index (κ2) is 4.94. The zero-order valence-corrected chi connectivity index (χ0v) is 10.5. The molecule has 0 amide bonds. The van der Waals surface area contributed by atoms with Gasteiger partial charge in [-0.05, 0) is 20.8 Å². The standard InChI is InChI=1S/C10H15N3O4/c1-10(2,3)6(14)17-9-12-7(15-4)11-8(13-9)16-5/h1-5H3. The lowest BCUT2D eigenvalue weighted by Gasteiger charge is -2.15. The lowest BCUT2D eigenvalue weighted by atomic mass is 9.98. The summed E-state index contributed by atoms with van der Waals surface area (Å²) < 4.78 is 14.7. The van der Waals surface area contributed by atoms with Gasteiger partial charge < -0.3 is 14.2 Å². The molecule has 0 aliphatic heterocycles. The molecule has 0 saturated heterocycles. The maximum atomic E-state index is 11.6. The highest BCUT2D eigenvalue weighted by atomic mass is 16.6. The molecule has 0 unspecified atom stereocenters. The molecule has 7 heteroatoms. The molecule has 1 aromatic rings. The summed E-state index contributed by atoms with van der Waals surface area (Å²) in [6, 6.07) is -0.101. The van der Waals surface area contributed by atoms with Crippen LogP contribution in [0.4, 0.5) is 0 Å². The summed E-state index contributed by atoms with van der Waals surface area (Å²) in [4.78, 5) is 23.0. The lowest BCUT2D eigenvalue weighted by Crippen LogP contribution is -2.26. The summed E-state index contributed by atoms with van der Waals surface area (Å²) in [6.07, 6.45) is 0. The van der Waals surface area contributed by atoms with E-state index < -0.39 is 11.4 Å². The first-order valence-corrected chi connectivity index (χ1v) is 4.93. The van der Waals surface area contributed by atoms with Crippen molar-refractivity contribution >= 4 is 5.97 Å². The first kappa shape index (κ1) is 13.1. The van der Waals surface area contributed by atoms with Crippen LogP contribution in [0, 0.1) is 5.41 Å². The molecule has 94 valence electrons. The second-order valence-electron chi connectivity index (χ2n) is 4.23. The summed E-state index contributed by atoms with van der Waals surface area (Å²) in [5, 5.41) is 0. The molecule has 0 bridgehead atoms. The Labute approximate surface area is 99.1 Å². The van der Waals surface area contributed by atoms with Gasteiger partial charge in [0, 0.05) is 0 Å². The Morgan fingerprint density at radius 1 is 0.941 bits per heavy atom. The van der Waals surface area contributed by atoms with Crippen LogP contribution in [0.15, 0.2) is 0 Å². The normalized spacial score (nSPS) is 10.9. The molecule has 0 spiro atoms. The third-order valence-electron chi connectivity index (χ3n) is 1.74. The van der Waals surface area contributed by atoms with E-state index in [0.29, 0.717) is 0 Å². The first-order chi connectivity index (χ1) is 7.86. The summed E-state index contributed by atoms with van der Waals surface area (Å²) >= 11 is 0. The van der Waals surface area contributed by atoms with Crippen molar-refractivity contribution in [3.63, 3.8) is 0 Å². The van der Waals surface area contributed by atoms with Crippen LogP contribution in [0.1, 0.15) is 20.8 Å². The van der Waals surface area contributed by atoms with Crippen LogP contribution in [-0.2, 0) is 4.79 Å². The van der Waals surface area contributed by atoms with Crippen LogP contribution in [-0.4, -0.2) is 35.1 Å². The molecule has 0 fully saturated rings. The highest BCUT2D eigenvalue weighted by Gasteiger charge is 2.25. The Kier molecular flexibility index (Phi) is 3.82. The number of esters is 1. The Morgan fingerprint density at radius 2 is 1.35 bits per heavy atom. The largest absolute Gasteiger partial charge is 0.467 e. The Bertz CT molecular complexity index is 392. The van der Waals surface area contributed by atoms with Gasteiger partial charge in [0.25, 0.3) is 0 Å². The highest BCUT2D eigenvalue weighted by molar-refractivity contribution is 5.77. The van der Waals surface area contributed by atoms with Gasteiger partial charge in [0.05, 0.1) is 19.6 Å². The fourth-order valence-electron chi connectivity index (χ4n) is 0.785. The maximum absolute atomic E-state index is 11.6. The van der Waals surface area contributed by atoms with Crippen LogP contribution in [0.25, 0.3) is 0 Å². The molecule has 0 radical (unpaired) electrons. The van der Waals surface area contributed by atoms with Gasteiger partial charge in [-0.25, -0.2) is 0 Å². The van der Waals surface area contributed by atoms with Crippen molar-refractivity contribution in [3.8, 4) is 18.0 Å². The molecule has 17 heavy (non-hydrogen) atoms. The first-order valence-electron chi connectivity index (χ1n) is 4.93. The van der Waals surface area contributed by atoms with Crippen molar-refractivity contribution in [2.45, 2.75) is 20.8 Å². The average Bonchev–Trinajstić information content (AvgIpc) is 2.27. The number of carbonyl (C=O) groups is 1. The van der Waals surface area contributed by atoms with Crippen LogP contribution < -0.4 is 14.2 Å². The molecule has 1 heterocycles. The van der Waals surface area contributed by atoms with E-state index in [2.05, 4.69) is 15.0 Å². The minimum Gasteiger partial charge on any atom is -0.467 e. The van der Waals surface area contributed by atoms with Gasteiger partial charge in [0.2, 0.25) is 0 Å². The number of ether oxygens (including phenoxy) is 3. The fourth-order valence-corrected chi connectivity index (χ4v) is 0.785. The molecule has 7 nitrogen and oxygen atoms in total. The molecule has 0 saturated carbocycles. The maximum Gasteiger partial charge on any atom is 0.333 e. The van der Waals surface area contributed by atoms with Crippen molar-refractivity contribution in [2.75, 3.05) is 14.2 Å². The van der Waals surface area contributed by atoms with Gasteiger partial charge >= 0.3 is 24.0 Å². The van der Waals surface area contributed by atoms with E-state index in [0.717, 1.165) is 0 Å². The molecular formula is C10H15N3O4. The van der Waals surface area contributed by atoms with E-state index in [-0.39, 0.29) is 18.0 Å². The van der Waals surface area contributed by atoms with E-state index >= 15 is 0 Å². The van der Waals surface area contributed by atoms with Gasteiger partial charge in [-0.1, -0.05) is 0 Å². The number of nitrogens with zero attached hydrogens (tertiary/aromatic N) is 3. The quantitative estimate of drug-likeness (QED) is 0.725. The molecular weight excluding hydrogens is 226 g/mol. The molecule has 1 rings (SSSR count). The zero-order chi connectivity index (χ0) is 13.1. The Morgan fingerprint density at radius 3 is 1.71 bits per heavy atom. The zero-order valence-electron chi connectivity index (χ0n) is 10.5. The monoisotopic (exact) mass is 241 g/mol. The van der Waals surface area contributed by atoms with E-state index in [4.69, 9.17) is 14.2 Å².